The molecule has 0 fully saturated rings. The highest BCUT2D eigenvalue weighted by Gasteiger charge is 2.28. The third kappa shape index (κ3) is 3.86. The van der Waals surface area contributed by atoms with E-state index in [-0.39, 0.29) is 18.4 Å². The summed E-state index contributed by atoms with van der Waals surface area (Å²) in [5.41, 5.74) is 2.50. The molecular formula is C19H20F2N2O3S. The fourth-order valence-electron chi connectivity index (χ4n) is 3.27. The molecule has 1 atom stereocenters. The Morgan fingerprint density at radius 3 is 2.59 bits per heavy atom. The maximum Gasteiger partial charge on any atom is 0.243 e. The van der Waals surface area contributed by atoms with Crippen LogP contribution in [0, 0.1) is 11.6 Å². The largest absolute Gasteiger partial charge is 0.312 e. The first-order chi connectivity index (χ1) is 12.7. The summed E-state index contributed by atoms with van der Waals surface area (Å²) in [5.74, 6) is -1.89. The lowest BCUT2D eigenvalue weighted by atomic mass is 9.89. The van der Waals surface area contributed by atoms with E-state index in [1.165, 1.54) is 0 Å². The molecule has 27 heavy (non-hydrogen) atoms. The maximum absolute atomic E-state index is 13.8. The predicted octanol–water partition coefficient (Wildman–Crippen LogP) is 3.30. The summed E-state index contributed by atoms with van der Waals surface area (Å²) >= 11 is 0. The highest BCUT2D eigenvalue weighted by atomic mass is 32.2. The van der Waals surface area contributed by atoms with Crippen LogP contribution in [0.2, 0.25) is 0 Å². The number of anilines is 1. The number of benzene rings is 2. The van der Waals surface area contributed by atoms with Gasteiger partial charge in [0.1, 0.15) is 16.5 Å². The highest BCUT2D eigenvalue weighted by molar-refractivity contribution is 7.89. The van der Waals surface area contributed by atoms with Crippen LogP contribution in [0.25, 0.3) is 0 Å². The molecule has 0 bridgehead atoms. The van der Waals surface area contributed by atoms with E-state index < -0.39 is 26.6 Å². The number of carbonyl (C=O) groups is 1. The van der Waals surface area contributed by atoms with Crippen molar-refractivity contribution in [1.82, 2.24) is 4.72 Å². The Kier molecular flexibility index (Phi) is 5.30. The third-order valence-electron chi connectivity index (χ3n) is 4.66. The molecule has 1 unspecified atom stereocenters. The van der Waals surface area contributed by atoms with Gasteiger partial charge in [-0.15, -0.1) is 0 Å². The number of hydrogen-bond acceptors (Lipinski definition) is 3. The first-order valence-corrected chi connectivity index (χ1v) is 10.1. The van der Waals surface area contributed by atoms with Crippen molar-refractivity contribution in [2.24, 2.45) is 0 Å². The molecule has 2 aromatic rings. The molecule has 1 aliphatic rings. The van der Waals surface area contributed by atoms with Crippen LogP contribution >= 0.6 is 0 Å². The molecule has 1 aliphatic heterocycles. The Labute approximate surface area is 157 Å². The first-order valence-electron chi connectivity index (χ1n) is 8.61. The van der Waals surface area contributed by atoms with E-state index in [0.29, 0.717) is 24.6 Å². The topological polar surface area (TPSA) is 66.5 Å². The average Bonchev–Trinajstić information content (AvgIpc) is 2.60. The van der Waals surface area contributed by atoms with Crippen molar-refractivity contribution in [2.75, 3.05) is 11.4 Å². The lowest BCUT2D eigenvalue weighted by Crippen LogP contribution is -2.36. The Morgan fingerprint density at radius 2 is 1.93 bits per heavy atom. The molecule has 1 N–H and O–H groups in total. The average molecular weight is 394 g/mol. The van der Waals surface area contributed by atoms with Crippen LogP contribution in [0.15, 0.2) is 41.3 Å². The minimum absolute atomic E-state index is 0.0291. The van der Waals surface area contributed by atoms with Crippen LogP contribution in [0.3, 0.4) is 0 Å². The zero-order valence-electron chi connectivity index (χ0n) is 15.0. The number of sulfonamides is 1. The number of carbonyl (C=O) groups excluding carboxylic acids is 1. The molecule has 8 heteroatoms. The summed E-state index contributed by atoms with van der Waals surface area (Å²) in [7, 11) is -4.12. The van der Waals surface area contributed by atoms with Crippen molar-refractivity contribution in [1.29, 1.82) is 0 Å². The molecule has 0 aliphatic carbocycles. The van der Waals surface area contributed by atoms with Crippen molar-refractivity contribution < 1.29 is 22.0 Å². The molecule has 0 saturated carbocycles. The summed E-state index contributed by atoms with van der Waals surface area (Å²) in [6, 6.07) is 7.72. The van der Waals surface area contributed by atoms with Crippen LogP contribution in [-0.2, 0) is 21.4 Å². The van der Waals surface area contributed by atoms with Crippen molar-refractivity contribution in [3.8, 4) is 0 Å². The number of rotatable bonds is 5. The van der Waals surface area contributed by atoms with Gasteiger partial charge in [-0.3, -0.25) is 4.79 Å². The molecule has 1 heterocycles. The first kappa shape index (κ1) is 19.4. The van der Waals surface area contributed by atoms with E-state index in [0.717, 1.165) is 23.4 Å². The number of halogens is 2. The van der Waals surface area contributed by atoms with Gasteiger partial charge in [0, 0.05) is 31.3 Å². The monoisotopic (exact) mass is 394 g/mol. The van der Waals surface area contributed by atoms with Gasteiger partial charge >= 0.3 is 0 Å². The van der Waals surface area contributed by atoms with E-state index >= 15 is 0 Å². The minimum atomic E-state index is -4.12. The lowest BCUT2D eigenvalue weighted by molar-refractivity contribution is -0.119. The van der Waals surface area contributed by atoms with Gasteiger partial charge in [-0.05, 0) is 42.2 Å². The molecular weight excluding hydrogens is 374 g/mol. The second-order valence-corrected chi connectivity index (χ2v) is 8.27. The third-order valence-corrected chi connectivity index (χ3v) is 6.10. The van der Waals surface area contributed by atoms with Crippen LogP contribution in [-0.4, -0.2) is 20.9 Å². The van der Waals surface area contributed by atoms with Crippen LogP contribution in [0.4, 0.5) is 14.5 Å². The molecule has 5 nitrogen and oxygen atoms in total. The van der Waals surface area contributed by atoms with E-state index in [1.807, 2.05) is 19.9 Å². The Bertz CT molecular complexity index is 992. The van der Waals surface area contributed by atoms with E-state index in [2.05, 4.69) is 4.72 Å². The minimum Gasteiger partial charge on any atom is -0.312 e. The SMILES string of the molecule is CCN1C(=O)CC(C)c2cc(CNS(=O)(=O)c3ccc(F)cc3F)ccc21. The zero-order valence-corrected chi connectivity index (χ0v) is 15.8. The molecule has 0 aromatic heterocycles. The number of nitrogens with one attached hydrogen (secondary N) is 1. The zero-order chi connectivity index (χ0) is 19.8. The van der Waals surface area contributed by atoms with Crippen LogP contribution in [0.1, 0.15) is 37.3 Å². The van der Waals surface area contributed by atoms with E-state index in [9.17, 15) is 22.0 Å². The summed E-state index contributed by atoms with van der Waals surface area (Å²) in [6.45, 7) is 4.37. The number of fused-ring (bicyclic) bond motifs is 1. The van der Waals surface area contributed by atoms with Crippen LogP contribution in [0.5, 0.6) is 0 Å². The van der Waals surface area contributed by atoms with Gasteiger partial charge in [-0.1, -0.05) is 19.1 Å². The molecule has 0 spiro atoms. The fourth-order valence-corrected chi connectivity index (χ4v) is 4.34. The summed E-state index contributed by atoms with van der Waals surface area (Å²) in [4.78, 5) is 13.2. The Hall–Kier alpha value is -2.32. The molecule has 0 saturated heterocycles. The second kappa shape index (κ2) is 7.36. The van der Waals surface area contributed by atoms with Gasteiger partial charge in [0.2, 0.25) is 15.9 Å². The van der Waals surface area contributed by atoms with Gasteiger partial charge in [-0.25, -0.2) is 21.9 Å². The molecule has 3 rings (SSSR count). The number of hydrogen-bond donors (Lipinski definition) is 1. The molecule has 2 aromatic carbocycles. The van der Waals surface area contributed by atoms with Gasteiger partial charge in [0.15, 0.2) is 0 Å². The Balaban J connectivity index is 1.83. The number of amides is 1. The van der Waals surface area contributed by atoms with Crippen molar-refractivity contribution in [2.45, 2.75) is 37.6 Å². The van der Waals surface area contributed by atoms with E-state index in [4.69, 9.17) is 0 Å². The maximum atomic E-state index is 13.8. The molecule has 144 valence electrons. The summed E-state index contributed by atoms with van der Waals surface area (Å²) in [6.07, 6.45) is 0.400. The molecule has 0 radical (unpaired) electrons. The number of nitrogens with zero attached hydrogens (tertiary/aromatic N) is 1. The second-order valence-electron chi connectivity index (χ2n) is 6.54. The van der Waals surface area contributed by atoms with Gasteiger partial charge in [0.25, 0.3) is 0 Å². The van der Waals surface area contributed by atoms with Crippen molar-refractivity contribution >= 4 is 21.6 Å². The quantitative estimate of drug-likeness (QED) is 0.846. The Morgan fingerprint density at radius 1 is 1.19 bits per heavy atom. The van der Waals surface area contributed by atoms with Crippen molar-refractivity contribution in [3.63, 3.8) is 0 Å². The van der Waals surface area contributed by atoms with Crippen LogP contribution < -0.4 is 9.62 Å². The fraction of sp³-hybridized carbons (Fsp3) is 0.316. The smallest absolute Gasteiger partial charge is 0.243 e. The summed E-state index contributed by atoms with van der Waals surface area (Å²) in [5, 5.41) is 0. The summed E-state index contributed by atoms with van der Waals surface area (Å²) < 4.78 is 53.7. The highest BCUT2D eigenvalue weighted by Crippen LogP contribution is 2.36. The molecule has 1 amide bonds. The lowest BCUT2D eigenvalue weighted by Gasteiger charge is -2.32. The van der Waals surface area contributed by atoms with Gasteiger partial charge in [0.05, 0.1) is 0 Å². The standard InChI is InChI=1S/C19H20F2N2O3S/c1-3-23-17-6-4-13(9-15(17)12(2)8-19(23)24)11-22-27(25,26)18-7-5-14(20)10-16(18)21/h4-7,9-10,12,22H,3,8,11H2,1-2H3. The predicted molar refractivity (Wildman–Crippen MR) is 97.9 cm³/mol. The van der Waals surface area contributed by atoms with E-state index in [1.54, 1.807) is 17.0 Å². The normalized spacial score (nSPS) is 17.1. The van der Waals surface area contributed by atoms with Crippen molar-refractivity contribution in [3.05, 3.63) is 59.2 Å². The van der Waals surface area contributed by atoms with Gasteiger partial charge in [-0.2, -0.15) is 0 Å². The van der Waals surface area contributed by atoms with Gasteiger partial charge < -0.3 is 4.90 Å².